The van der Waals surface area contributed by atoms with E-state index < -0.39 is 11.9 Å². The van der Waals surface area contributed by atoms with E-state index in [-0.39, 0.29) is 5.75 Å². The molecule has 8 heteroatoms. The maximum atomic E-state index is 11.9. The molecule has 0 bridgehead atoms. The van der Waals surface area contributed by atoms with Crippen molar-refractivity contribution in [3.63, 3.8) is 0 Å². The summed E-state index contributed by atoms with van der Waals surface area (Å²) in [6.07, 6.45) is 0. The summed E-state index contributed by atoms with van der Waals surface area (Å²) in [5.41, 5.74) is 2.22. The Bertz CT molecular complexity index is 895. The third-order valence-corrected chi connectivity index (χ3v) is 4.17. The highest BCUT2D eigenvalue weighted by Crippen LogP contribution is 2.22. The summed E-state index contributed by atoms with van der Waals surface area (Å²) in [6.45, 7) is 0. The highest BCUT2D eigenvalue weighted by Gasteiger charge is 2.11. The van der Waals surface area contributed by atoms with Gasteiger partial charge in [0.15, 0.2) is 5.16 Å². The first-order valence-electron chi connectivity index (χ1n) is 7.46. The van der Waals surface area contributed by atoms with Crippen LogP contribution in [-0.2, 0) is 4.79 Å². The molecule has 0 spiro atoms. The summed E-state index contributed by atoms with van der Waals surface area (Å²) in [6, 6.07) is 13.8. The number of urea groups is 1. The second-order valence-corrected chi connectivity index (χ2v) is 6.05. The molecule has 3 rings (SSSR count). The zero-order valence-corrected chi connectivity index (χ0v) is 14.2. The summed E-state index contributed by atoms with van der Waals surface area (Å²) >= 11 is 1.22. The van der Waals surface area contributed by atoms with Crippen molar-refractivity contribution in [2.24, 2.45) is 0 Å². The fourth-order valence-electron chi connectivity index (χ4n) is 2.14. The number of carbonyl (C=O) groups is 2. The number of H-pyrrole nitrogens is 1. The van der Waals surface area contributed by atoms with Gasteiger partial charge in [-0.1, -0.05) is 30.0 Å². The molecular formula is C17H16N4O3S. The number of benzene rings is 2. The van der Waals surface area contributed by atoms with Gasteiger partial charge in [-0.3, -0.25) is 10.1 Å². The lowest BCUT2D eigenvalue weighted by Crippen LogP contribution is -2.35. The van der Waals surface area contributed by atoms with Crippen molar-refractivity contribution in [3.05, 3.63) is 48.5 Å². The van der Waals surface area contributed by atoms with E-state index in [1.54, 1.807) is 31.4 Å². The Morgan fingerprint density at radius 1 is 1.20 bits per heavy atom. The van der Waals surface area contributed by atoms with Crippen molar-refractivity contribution in [3.8, 4) is 5.75 Å². The number of hydrogen-bond acceptors (Lipinski definition) is 5. The molecule has 0 saturated carbocycles. The van der Waals surface area contributed by atoms with E-state index in [9.17, 15) is 9.59 Å². The number of ether oxygens (including phenoxy) is 1. The Morgan fingerprint density at radius 2 is 2.00 bits per heavy atom. The van der Waals surface area contributed by atoms with Crippen molar-refractivity contribution in [1.29, 1.82) is 0 Å². The van der Waals surface area contributed by atoms with Crippen LogP contribution in [0.1, 0.15) is 0 Å². The molecule has 3 amide bonds. The molecular weight excluding hydrogens is 340 g/mol. The van der Waals surface area contributed by atoms with E-state index >= 15 is 0 Å². The Labute approximate surface area is 148 Å². The minimum Gasteiger partial charge on any atom is -0.497 e. The number of fused-ring (bicyclic) bond motifs is 1. The number of imide groups is 1. The number of methoxy groups -OCH3 is 1. The van der Waals surface area contributed by atoms with E-state index in [2.05, 4.69) is 20.6 Å². The molecule has 2 aromatic carbocycles. The van der Waals surface area contributed by atoms with E-state index in [0.717, 1.165) is 16.8 Å². The van der Waals surface area contributed by atoms with Crippen LogP contribution >= 0.6 is 11.8 Å². The number of imidazole rings is 1. The third kappa shape index (κ3) is 4.51. The van der Waals surface area contributed by atoms with Gasteiger partial charge in [0.25, 0.3) is 0 Å². The predicted molar refractivity (Wildman–Crippen MR) is 97.0 cm³/mol. The van der Waals surface area contributed by atoms with Crippen LogP contribution in [0.4, 0.5) is 10.5 Å². The first kappa shape index (κ1) is 16.8. The molecule has 0 radical (unpaired) electrons. The normalized spacial score (nSPS) is 10.4. The predicted octanol–water partition coefficient (Wildman–Crippen LogP) is 3.01. The van der Waals surface area contributed by atoms with Crippen molar-refractivity contribution in [2.45, 2.75) is 5.16 Å². The molecule has 3 aromatic rings. The van der Waals surface area contributed by atoms with Crippen LogP contribution in [0.2, 0.25) is 0 Å². The van der Waals surface area contributed by atoms with Crippen LogP contribution < -0.4 is 15.4 Å². The lowest BCUT2D eigenvalue weighted by molar-refractivity contribution is -0.117. The highest BCUT2D eigenvalue weighted by atomic mass is 32.2. The number of aromatic amines is 1. The average molecular weight is 356 g/mol. The van der Waals surface area contributed by atoms with Gasteiger partial charge in [-0.25, -0.2) is 9.78 Å². The lowest BCUT2D eigenvalue weighted by Gasteiger charge is -2.05. The second-order valence-electron chi connectivity index (χ2n) is 5.08. The molecule has 3 N–H and O–H groups in total. The molecule has 0 unspecified atom stereocenters. The standard InChI is InChI=1S/C17H16N4O3S/c1-24-12-7-8-13-14(9-12)20-17(19-13)25-10-15(22)21-16(23)18-11-5-3-2-4-6-11/h2-9H,10H2,1H3,(H,19,20)(H2,18,21,22,23). The Kier molecular flexibility index (Phi) is 5.20. The molecule has 7 nitrogen and oxygen atoms in total. The van der Waals surface area contributed by atoms with Gasteiger partial charge in [-0.05, 0) is 24.3 Å². The van der Waals surface area contributed by atoms with Crippen LogP contribution in [0.5, 0.6) is 5.75 Å². The summed E-state index contributed by atoms with van der Waals surface area (Å²) in [7, 11) is 1.60. The van der Waals surface area contributed by atoms with Crippen LogP contribution in [0.3, 0.4) is 0 Å². The van der Waals surface area contributed by atoms with Gasteiger partial charge in [0.05, 0.1) is 23.9 Å². The van der Waals surface area contributed by atoms with E-state index in [1.165, 1.54) is 11.8 Å². The van der Waals surface area contributed by atoms with Crippen molar-refractivity contribution in [1.82, 2.24) is 15.3 Å². The number of amides is 3. The summed E-state index contributed by atoms with van der Waals surface area (Å²) in [5.74, 6) is 0.388. The van der Waals surface area contributed by atoms with E-state index in [1.807, 2.05) is 24.3 Å². The molecule has 0 saturated heterocycles. The van der Waals surface area contributed by atoms with Crippen LogP contribution in [0, 0.1) is 0 Å². The number of carbonyl (C=O) groups excluding carboxylic acids is 2. The SMILES string of the molecule is COc1ccc2nc(SCC(=O)NC(=O)Nc3ccccc3)[nH]c2c1. The first-order valence-corrected chi connectivity index (χ1v) is 8.45. The molecule has 1 heterocycles. The number of hydrogen-bond donors (Lipinski definition) is 3. The van der Waals surface area contributed by atoms with Crippen LogP contribution in [0.15, 0.2) is 53.7 Å². The lowest BCUT2D eigenvalue weighted by atomic mass is 10.3. The van der Waals surface area contributed by atoms with Crippen LogP contribution in [0.25, 0.3) is 11.0 Å². The molecule has 0 atom stereocenters. The van der Waals surface area contributed by atoms with Crippen molar-refractivity contribution < 1.29 is 14.3 Å². The van der Waals surface area contributed by atoms with Gasteiger partial charge in [0.2, 0.25) is 5.91 Å². The Hall–Kier alpha value is -3.00. The van der Waals surface area contributed by atoms with Gasteiger partial charge in [0.1, 0.15) is 5.75 Å². The highest BCUT2D eigenvalue weighted by molar-refractivity contribution is 7.99. The maximum Gasteiger partial charge on any atom is 0.325 e. The number of thioether (sulfide) groups is 1. The monoisotopic (exact) mass is 356 g/mol. The number of nitrogens with one attached hydrogen (secondary N) is 3. The largest absolute Gasteiger partial charge is 0.497 e. The van der Waals surface area contributed by atoms with E-state index in [0.29, 0.717) is 10.8 Å². The van der Waals surface area contributed by atoms with Gasteiger partial charge in [-0.15, -0.1) is 0 Å². The summed E-state index contributed by atoms with van der Waals surface area (Å²) in [4.78, 5) is 31.1. The molecule has 0 fully saturated rings. The second kappa shape index (κ2) is 7.71. The van der Waals surface area contributed by atoms with Crippen molar-refractivity contribution in [2.75, 3.05) is 18.2 Å². The minimum absolute atomic E-state index is 0.0686. The minimum atomic E-state index is -0.564. The molecule has 128 valence electrons. The Morgan fingerprint density at radius 3 is 2.76 bits per heavy atom. The summed E-state index contributed by atoms with van der Waals surface area (Å²) in [5, 5.41) is 5.47. The average Bonchev–Trinajstić information content (AvgIpc) is 3.02. The number of rotatable bonds is 5. The van der Waals surface area contributed by atoms with Crippen LogP contribution in [-0.4, -0.2) is 34.8 Å². The molecule has 25 heavy (non-hydrogen) atoms. The maximum absolute atomic E-state index is 11.9. The van der Waals surface area contributed by atoms with E-state index in [4.69, 9.17) is 4.74 Å². The number of anilines is 1. The zero-order valence-electron chi connectivity index (χ0n) is 13.4. The smallest absolute Gasteiger partial charge is 0.325 e. The molecule has 0 aliphatic heterocycles. The third-order valence-electron chi connectivity index (χ3n) is 3.29. The number of aromatic nitrogens is 2. The fourth-order valence-corrected chi connectivity index (χ4v) is 2.83. The van der Waals surface area contributed by atoms with Gasteiger partial charge in [0, 0.05) is 11.8 Å². The number of nitrogens with zero attached hydrogens (tertiary/aromatic N) is 1. The Balaban J connectivity index is 1.52. The van der Waals surface area contributed by atoms with Gasteiger partial charge >= 0.3 is 6.03 Å². The first-order chi connectivity index (χ1) is 12.1. The fraction of sp³-hybridized carbons (Fsp3) is 0.118. The quantitative estimate of drug-likeness (QED) is 0.611. The molecule has 0 aliphatic carbocycles. The van der Waals surface area contributed by atoms with Gasteiger partial charge < -0.3 is 15.0 Å². The van der Waals surface area contributed by atoms with Gasteiger partial charge in [-0.2, -0.15) is 0 Å². The summed E-state index contributed by atoms with van der Waals surface area (Å²) < 4.78 is 5.16. The molecule has 0 aliphatic rings. The topological polar surface area (TPSA) is 96.1 Å². The number of para-hydroxylation sites is 1. The van der Waals surface area contributed by atoms with Crippen molar-refractivity contribution >= 4 is 40.4 Å². The molecule has 1 aromatic heterocycles. The zero-order chi connectivity index (χ0) is 17.6.